The summed E-state index contributed by atoms with van der Waals surface area (Å²) in [5.41, 5.74) is 0.321. The second-order valence-electron chi connectivity index (χ2n) is 3.68. The number of rotatable bonds is 5. The number of benzene rings is 1. The summed E-state index contributed by atoms with van der Waals surface area (Å²) in [6.45, 7) is 3.08. The van der Waals surface area contributed by atoms with Gasteiger partial charge in [-0.05, 0) is 6.42 Å². The quantitative estimate of drug-likeness (QED) is 0.613. The van der Waals surface area contributed by atoms with Gasteiger partial charge in [-0.3, -0.25) is 4.79 Å². The lowest BCUT2D eigenvalue weighted by atomic mass is 10.1. The highest BCUT2D eigenvalue weighted by Gasteiger charge is 2.46. The molecule has 1 atom stereocenters. The second-order valence-corrected chi connectivity index (χ2v) is 7.05. The molecule has 94 valence electrons. The van der Waals surface area contributed by atoms with Gasteiger partial charge < -0.3 is 0 Å². The Morgan fingerprint density at radius 1 is 1.24 bits per heavy atom. The third-order valence-corrected chi connectivity index (χ3v) is 6.07. The van der Waals surface area contributed by atoms with Crippen LogP contribution >= 0.6 is 11.6 Å². The highest BCUT2D eigenvalue weighted by molar-refractivity contribution is 7.95. The van der Waals surface area contributed by atoms with Crippen molar-refractivity contribution in [3.63, 3.8) is 0 Å². The van der Waals surface area contributed by atoms with E-state index in [1.807, 2.05) is 0 Å². The van der Waals surface area contributed by atoms with Gasteiger partial charge in [0.1, 0.15) is 0 Å². The molecule has 0 fully saturated rings. The average Bonchev–Trinajstić information content (AvgIpc) is 2.37. The first-order chi connectivity index (χ1) is 7.89. The minimum Gasteiger partial charge on any atom is -0.291 e. The fraction of sp³-hybridized carbons (Fsp3) is 0.417. The molecular weight excluding hydrogens is 260 g/mol. The Morgan fingerprint density at radius 2 is 1.76 bits per heavy atom. The molecule has 3 nitrogen and oxygen atoms in total. The lowest BCUT2D eigenvalue weighted by Crippen LogP contribution is -2.41. The topological polar surface area (TPSA) is 51.2 Å². The Morgan fingerprint density at radius 3 is 2.18 bits per heavy atom. The molecule has 1 aromatic rings. The zero-order valence-corrected chi connectivity index (χ0v) is 11.4. The van der Waals surface area contributed by atoms with E-state index in [1.165, 1.54) is 6.92 Å². The number of hydrogen-bond acceptors (Lipinski definition) is 3. The maximum Gasteiger partial charge on any atom is 0.207 e. The summed E-state index contributed by atoms with van der Waals surface area (Å²) < 4.78 is 22.0. The van der Waals surface area contributed by atoms with Crippen molar-refractivity contribution < 1.29 is 13.2 Å². The third-order valence-electron chi connectivity index (χ3n) is 2.70. The Kier molecular flexibility index (Phi) is 4.33. The molecule has 0 bridgehead atoms. The number of ketones is 1. The number of Topliss-reactive ketones (excluding diaryl/α,β-unsaturated/α-hetero) is 1. The maximum atomic E-state index is 12.2. The van der Waals surface area contributed by atoms with Crippen molar-refractivity contribution in [1.82, 2.24) is 0 Å². The summed E-state index contributed by atoms with van der Waals surface area (Å²) in [5.74, 6) is -0.702. The third kappa shape index (κ3) is 2.53. The molecule has 0 saturated carbocycles. The van der Waals surface area contributed by atoms with E-state index in [4.69, 9.17) is 11.6 Å². The number of carbonyl (C=O) groups excluding carboxylic acids is 1. The monoisotopic (exact) mass is 274 g/mol. The Bertz CT molecular complexity index is 496. The van der Waals surface area contributed by atoms with Crippen LogP contribution in [-0.2, 0) is 9.84 Å². The highest BCUT2D eigenvalue weighted by atomic mass is 35.5. The summed E-state index contributed by atoms with van der Waals surface area (Å²) in [4.78, 5) is 12.2. The fourth-order valence-corrected chi connectivity index (χ4v) is 3.29. The van der Waals surface area contributed by atoms with Gasteiger partial charge >= 0.3 is 0 Å². The predicted octanol–water partition coefficient (Wildman–Crippen LogP) is 2.65. The van der Waals surface area contributed by atoms with Gasteiger partial charge in [0.2, 0.25) is 4.21 Å². The molecule has 0 aliphatic rings. The lowest BCUT2D eigenvalue weighted by Gasteiger charge is -2.23. The molecule has 0 amide bonds. The van der Waals surface area contributed by atoms with Crippen molar-refractivity contribution in [1.29, 1.82) is 0 Å². The van der Waals surface area contributed by atoms with E-state index in [9.17, 15) is 13.2 Å². The van der Waals surface area contributed by atoms with E-state index in [0.717, 1.165) is 0 Å². The summed E-state index contributed by atoms with van der Waals surface area (Å²) in [6.07, 6.45) is 0.0540. The molecule has 0 heterocycles. The largest absolute Gasteiger partial charge is 0.291 e. The lowest BCUT2D eigenvalue weighted by molar-refractivity contribution is 0.0970. The Labute approximate surface area is 107 Å². The van der Waals surface area contributed by atoms with Gasteiger partial charge in [0.05, 0.1) is 0 Å². The molecule has 1 unspecified atom stereocenters. The van der Waals surface area contributed by atoms with Crippen LogP contribution in [0.15, 0.2) is 30.3 Å². The molecular formula is C12H15ClO3S. The molecule has 0 N–H and O–H groups in total. The van der Waals surface area contributed by atoms with Crippen molar-refractivity contribution in [3.8, 4) is 0 Å². The zero-order chi connectivity index (χ0) is 13.1. The summed E-state index contributed by atoms with van der Waals surface area (Å²) in [7, 11) is -3.64. The van der Waals surface area contributed by atoms with Crippen molar-refractivity contribution >= 4 is 27.2 Å². The average molecular weight is 275 g/mol. The Hall–Kier alpha value is -0.870. The number of halogens is 1. The minimum absolute atomic E-state index is 0.0540. The van der Waals surface area contributed by atoms with Crippen LogP contribution in [0.5, 0.6) is 0 Å². The molecule has 0 spiro atoms. The normalized spacial score (nSPS) is 15.2. The summed E-state index contributed by atoms with van der Waals surface area (Å²) in [6, 6.07) is 8.26. The zero-order valence-electron chi connectivity index (χ0n) is 9.81. The number of carbonyl (C=O) groups is 1. The van der Waals surface area contributed by atoms with E-state index in [1.54, 1.807) is 37.3 Å². The van der Waals surface area contributed by atoms with Crippen LogP contribution in [0.25, 0.3) is 0 Å². The number of hydrogen-bond donors (Lipinski definition) is 0. The van der Waals surface area contributed by atoms with Crippen molar-refractivity contribution in [2.24, 2.45) is 0 Å². The van der Waals surface area contributed by atoms with Crippen molar-refractivity contribution in [2.45, 2.75) is 24.5 Å². The van der Waals surface area contributed by atoms with E-state index >= 15 is 0 Å². The van der Waals surface area contributed by atoms with Gasteiger partial charge in [0, 0.05) is 11.3 Å². The SMILES string of the molecule is CCC(Cl)(C(=O)c1ccccc1)S(=O)(=O)CC. The first-order valence-electron chi connectivity index (χ1n) is 5.40. The molecule has 0 saturated heterocycles. The Balaban J connectivity index is 3.26. The molecule has 0 aliphatic heterocycles. The van der Waals surface area contributed by atoms with Gasteiger partial charge in [-0.25, -0.2) is 8.42 Å². The molecule has 0 aliphatic carbocycles. The standard InChI is InChI=1S/C12H15ClO3S/c1-3-12(13,17(15,16)4-2)11(14)10-8-6-5-7-9-10/h5-9H,3-4H2,1-2H3. The first kappa shape index (κ1) is 14.2. The van der Waals surface area contributed by atoms with Gasteiger partial charge in [-0.15, -0.1) is 0 Å². The first-order valence-corrected chi connectivity index (χ1v) is 7.43. The highest BCUT2D eigenvalue weighted by Crippen LogP contribution is 2.31. The molecule has 0 radical (unpaired) electrons. The second kappa shape index (κ2) is 5.19. The number of alkyl halides is 1. The molecule has 5 heteroatoms. The van der Waals surface area contributed by atoms with Gasteiger partial charge in [-0.2, -0.15) is 0 Å². The number of sulfone groups is 1. The van der Waals surface area contributed by atoms with Crippen LogP contribution in [0.4, 0.5) is 0 Å². The van der Waals surface area contributed by atoms with Crippen molar-refractivity contribution in [3.05, 3.63) is 35.9 Å². The van der Waals surface area contributed by atoms with Crippen LogP contribution in [0.1, 0.15) is 30.6 Å². The van der Waals surface area contributed by atoms with Crippen LogP contribution in [0, 0.1) is 0 Å². The molecule has 1 aromatic carbocycles. The summed E-state index contributed by atoms with van der Waals surface area (Å²) in [5, 5.41) is 0. The smallest absolute Gasteiger partial charge is 0.207 e. The molecule has 1 rings (SSSR count). The van der Waals surface area contributed by atoms with Crippen molar-refractivity contribution in [2.75, 3.05) is 5.75 Å². The molecule has 0 aromatic heterocycles. The van der Waals surface area contributed by atoms with Crippen LogP contribution in [0.3, 0.4) is 0 Å². The minimum atomic E-state index is -3.64. The van der Waals surface area contributed by atoms with E-state index in [0.29, 0.717) is 5.56 Å². The van der Waals surface area contributed by atoms with Crippen LogP contribution < -0.4 is 0 Å². The van der Waals surface area contributed by atoms with Crippen LogP contribution in [0.2, 0.25) is 0 Å². The van der Waals surface area contributed by atoms with Crippen LogP contribution in [-0.4, -0.2) is 24.2 Å². The van der Waals surface area contributed by atoms with E-state index in [-0.39, 0.29) is 12.2 Å². The molecule has 17 heavy (non-hydrogen) atoms. The fourth-order valence-electron chi connectivity index (χ4n) is 1.56. The van der Waals surface area contributed by atoms with E-state index in [2.05, 4.69) is 0 Å². The van der Waals surface area contributed by atoms with E-state index < -0.39 is 19.8 Å². The van der Waals surface area contributed by atoms with Gasteiger partial charge in [-0.1, -0.05) is 55.8 Å². The predicted molar refractivity (Wildman–Crippen MR) is 69.1 cm³/mol. The summed E-state index contributed by atoms with van der Waals surface area (Å²) >= 11 is 6.06. The maximum absolute atomic E-state index is 12.2. The van der Waals surface area contributed by atoms with Gasteiger partial charge in [0.25, 0.3) is 0 Å². The van der Waals surface area contributed by atoms with Gasteiger partial charge in [0.15, 0.2) is 15.6 Å².